The van der Waals surface area contributed by atoms with Crippen molar-refractivity contribution in [2.75, 3.05) is 13.7 Å². The number of methoxy groups -OCH3 is 1. The van der Waals surface area contributed by atoms with Crippen LogP contribution in [-0.4, -0.2) is 31.1 Å². The second kappa shape index (κ2) is 8.17. The second-order valence-electron chi connectivity index (χ2n) is 6.03. The molecule has 1 aromatic rings. The Morgan fingerprint density at radius 1 is 1.32 bits per heavy atom. The predicted octanol–water partition coefficient (Wildman–Crippen LogP) is 2.49. The van der Waals surface area contributed by atoms with E-state index in [9.17, 15) is 14.4 Å². The highest BCUT2D eigenvalue weighted by molar-refractivity contribution is 6.32. The zero-order valence-corrected chi connectivity index (χ0v) is 15.2. The lowest BCUT2D eigenvalue weighted by Gasteiger charge is -2.28. The number of rotatable bonds is 4. The van der Waals surface area contributed by atoms with E-state index in [4.69, 9.17) is 16.3 Å². The fourth-order valence-electron chi connectivity index (χ4n) is 3.07. The Morgan fingerprint density at radius 2 is 1.96 bits per heavy atom. The number of hydrogen-bond donors (Lipinski definition) is 1. The van der Waals surface area contributed by atoms with E-state index in [0.29, 0.717) is 28.4 Å². The first-order valence-electron chi connectivity index (χ1n) is 7.97. The van der Waals surface area contributed by atoms with Crippen molar-refractivity contribution in [1.82, 2.24) is 5.32 Å². The first kappa shape index (κ1) is 19.0. The van der Waals surface area contributed by atoms with Crippen LogP contribution in [0.5, 0.6) is 5.75 Å². The number of benzene rings is 1. The monoisotopic (exact) mass is 361 g/mol. The minimum absolute atomic E-state index is 0.181. The minimum atomic E-state index is -0.931. The summed E-state index contributed by atoms with van der Waals surface area (Å²) in [5.41, 5.74) is 1.06. The smallest absolute Gasteiger partial charge is 0.216 e. The van der Waals surface area contributed by atoms with Crippen LogP contribution >= 0.6 is 11.6 Å². The maximum absolute atomic E-state index is 12.6. The highest BCUT2D eigenvalue weighted by atomic mass is 35.5. The average molecular weight is 362 g/mol. The molecule has 0 aliphatic heterocycles. The quantitative estimate of drug-likeness (QED) is 0.660. The van der Waals surface area contributed by atoms with Crippen LogP contribution in [0.3, 0.4) is 0 Å². The van der Waals surface area contributed by atoms with Crippen LogP contribution in [0.2, 0.25) is 5.02 Å². The third kappa shape index (κ3) is 4.40. The van der Waals surface area contributed by atoms with Crippen molar-refractivity contribution in [3.8, 4) is 17.6 Å². The molecule has 25 heavy (non-hydrogen) atoms. The van der Waals surface area contributed by atoms with Gasteiger partial charge in [0.15, 0.2) is 0 Å². The number of nitrogens with one attached hydrogen (secondary N) is 1. The van der Waals surface area contributed by atoms with Crippen LogP contribution in [0, 0.1) is 17.8 Å². The maximum atomic E-state index is 12.6. The number of hydrogen-bond acceptors (Lipinski definition) is 4. The van der Waals surface area contributed by atoms with Gasteiger partial charge in [-0.05, 0) is 25.0 Å². The molecular formula is C19H20ClNO4. The molecule has 0 unspecified atom stereocenters. The van der Waals surface area contributed by atoms with Gasteiger partial charge in [0.2, 0.25) is 5.91 Å². The van der Waals surface area contributed by atoms with Crippen molar-refractivity contribution in [3.63, 3.8) is 0 Å². The molecule has 5 nitrogen and oxygen atoms in total. The van der Waals surface area contributed by atoms with Crippen molar-refractivity contribution < 1.29 is 19.1 Å². The van der Waals surface area contributed by atoms with Crippen LogP contribution in [0.1, 0.15) is 43.7 Å². The summed E-state index contributed by atoms with van der Waals surface area (Å²) in [6.07, 6.45) is 0.430. The largest absolute Gasteiger partial charge is 0.496 e. The molecule has 1 fully saturated rings. The molecule has 0 radical (unpaired) electrons. The zero-order valence-electron chi connectivity index (χ0n) is 14.4. The Kier molecular flexibility index (Phi) is 6.22. The number of carbonyl (C=O) groups excluding carboxylic acids is 3. The molecule has 132 valence electrons. The molecule has 2 rings (SSSR count). The Labute approximate surface area is 152 Å². The Morgan fingerprint density at radius 3 is 2.48 bits per heavy atom. The van der Waals surface area contributed by atoms with Gasteiger partial charge in [-0.25, -0.2) is 0 Å². The summed E-state index contributed by atoms with van der Waals surface area (Å²) < 4.78 is 5.36. The van der Waals surface area contributed by atoms with Gasteiger partial charge in [-0.2, -0.15) is 0 Å². The lowest BCUT2D eigenvalue weighted by atomic mass is 9.76. The van der Waals surface area contributed by atoms with Crippen LogP contribution in [0.15, 0.2) is 12.1 Å². The Balaban J connectivity index is 2.32. The maximum Gasteiger partial charge on any atom is 0.216 e. The fraction of sp³-hybridized carbons (Fsp3) is 0.421. The molecule has 0 aromatic heterocycles. The molecule has 0 heterocycles. The van der Waals surface area contributed by atoms with Gasteiger partial charge >= 0.3 is 0 Å². The summed E-state index contributed by atoms with van der Waals surface area (Å²) in [5, 5.41) is 2.95. The highest BCUT2D eigenvalue weighted by Crippen LogP contribution is 2.40. The van der Waals surface area contributed by atoms with Gasteiger partial charge in [-0.3, -0.25) is 14.4 Å². The Hall–Kier alpha value is -2.32. The summed E-state index contributed by atoms with van der Waals surface area (Å²) in [4.78, 5) is 36.3. The average Bonchev–Trinajstić information content (AvgIpc) is 2.54. The van der Waals surface area contributed by atoms with E-state index in [1.165, 1.54) is 14.0 Å². The SMILES string of the molecule is CC#Cc1cc(Cl)c(C2C(=O)CC(CNC(C)=O)CC2=O)c(OC)c1. The number of Topliss-reactive ketones (excluding diaryl/α,β-unsaturated/α-hetero) is 2. The summed E-state index contributed by atoms with van der Waals surface area (Å²) >= 11 is 6.34. The lowest BCUT2D eigenvalue weighted by molar-refractivity contribution is -0.134. The fourth-order valence-corrected chi connectivity index (χ4v) is 3.39. The molecular weight excluding hydrogens is 342 g/mol. The number of ketones is 2. The van der Waals surface area contributed by atoms with Crippen LogP contribution in [0.4, 0.5) is 0 Å². The van der Waals surface area contributed by atoms with E-state index < -0.39 is 5.92 Å². The van der Waals surface area contributed by atoms with Gasteiger partial charge in [-0.15, -0.1) is 5.92 Å². The predicted molar refractivity (Wildman–Crippen MR) is 94.7 cm³/mol. The molecule has 6 heteroatoms. The number of carbonyl (C=O) groups is 3. The molecule has 1 amide bonds. The number of halogens is 1. The molecule has 0 atom stereocenters. The zero-order chi connectivity index (χ0) is 18.6. The summed E-state index contributed by atoms with van der Waals surface area (Å²) in [5.74, 6) is 4.34. The molecule has 0 spiro atoms. The molecule has 1 N–H and O–H groups in total. The van der Waals surface area contributed by atoms with Gasteiger partial charge in [0.1, 0.15) is 23.2 Å². The highest BCUT2D eigenvalue weighted by Gasteiger charge is 2.39. The van der Waals surface area contributed by atoms with E-state index in [1.807, 2.05) is 0 Å². The van der Waals surface area contributed by atoms with Gasteiger partial charge < -0.3 is 10.1 Å². The van der Waals surface area contributed by atoms with Gasteiger partial charge in [0.05, 0.1) is 7.11 Å². The molecule has 1 saturated carbocycles. The molecule has 1 aliphatic rings. The topological polar surface area (TPSA) is 72.5 Å². The van der Waals surface area contributed by atoms with Crippen molar-refractivity contribution in [1.29, 1.82) is 0 Å². The van der Waals surface area contributed by atoms with Crippen molar-refractivity contribution in [2.24, 2.45) is 5.92 Å². The van der Waals surface area contributed by atoms with E-state index in [2.05, 4.69) is 17.2 Å². The molecule has 1 aliphatic carbocycles. The minimum Gasteiger partial charge on any atom is -0.496 e. The first-order valence-corrected chi connectivity index (χ1v) is 8.35. The van der Waals surface area contributed by atoms with Gasteiger partial charge in [0, 0.05) is 42.5 Å². The van der Waals surface area contributed by atoms with Crippen LogP contribution in [0.25, 0.3) is 0 Å². The summed E-state index contributed by atoms with van der Waals surface area (Å²) in [7, 11) is 1.47. The first-order chi connectivity index (χ1) is 11.9. The van der Waals surface area contributed by atoms with Gasteiger partial charge in [-0.1, -0.05) is 17.5 Å². The lowest BCUT2D eigenvalue weighted by Crippen LogP contribution is -2.37. The van der Waals surface area contributed by atoms with E-state index >= 15 is 0 Å². The summed E-state index contributed by atoms with van der Waals surface area (Å²) in [6, 6.07) is 3.32. The third-order valence-electron chi connectivity index (χ3n) is 4.13. The van der Waals surface area contributed by atoms with Crippen LogP contribution in [-0.2, 0) is 14.4 Å². The van der Waals surface area contributed by atoms with Crippen LogP contribution < -0.4 is 10.1 Å². The standard InChI is InChI=1S/C19H20ClNO4/c1-4-5-12-6-14(20)18(17(9-12)25-3)19-15(23)7-13(8-16(19)24)10-21-11(2)22/h6,9,13,19H,7-8,10H2,1-3H3,(H,21,22). The van der Waals surface area contributed by atoms with Crippen molar-refractivity contribution >= 4 is 29.1 Å². The van der Waals surface area contributed by atoms with Crippen molar-refractivity contribution in [3.05, 3.63) is 28.3 Å². The summed E-state index contributed by atoms with van der Waals surface area (Å²) in [6.45, 7) is 3.42. The number of ether oxygens (including phenoxy) is 1. The normalized spacial score (nSPS) is 19.8. The Bertz CT molecular complexity index is 758. The van der Waals surface area contributed by atoms with Gasteiger partial charge in [0.25, 0.3) is 0 Å². The molecule has 1 aromatic carbocycles. The van der Waals surface area contributed by atoms with E-state index in [-0.39, 0.29) is 36.2 Å². The van der Waals surface area contributed by atoms with E-state index in [0.717, 1.165) is 0 Å². The second-order valence-corrected chi connectivity index (χ2v) is 6.43. The molecule has 0 bridgehead atoms. The van der Waals surface area contributed by atoms with E-state index in [1.54, 1.807) is 19.1 Å². The molecule has 0 saturated heterocycles. The third-order valence-corrected chi connectivity index (χ3v) is 4.45. The van der Waals surface area contributed by atoms with Crippen molar-refractivity contribution in [2.45, 2.75) is 32.6 Å². The number of amides is 1.